The van der Waals surface area contributed by atoms with Crippen LogP contribution in [0, 0.1) is 11.8 Å². The second kappa shape index (κ2) is 6.80. The summed E-state index contributed by atoms with van der Waals surface area (Å²) in [4.78, 5) is 0. The average molecular weight is 272 g/mol. The smallest absolute Gasteiger partial charge is 0.301 e. The van der Waals surface area contributed by atoms with Crippen LogP contribution in [0.3, 0.4) is 0 Å². The van der Waals surface area contributed by atoms with E-state index in [0.717, 1.165) is 0 Å². The van der Waals surface area contributed by atoms with E-state index in [0.29, 0.717) is 24.6 Å². The van der Waals surface area contributed by atoms with Crippen LogP contribution in [-0.2, 0) is 4.65 Å². The van der Waals surface area contributed by atoms with Gasteiger partial charge in [-0.2, -0.15) is 0 Å². The molecule has 0 amide bonds. The Kier molecular flexibility index (Phi) is 5.32. The van der Waals surface area contributed by atoms with Crippen LogP contribution in [-0.4, -0.2) is 12.5 Å². The molecule has 2 rings (SSSR count). The van der Waals surface area contributed by atoms with E-state index in [9.17, 15) is 0 Å². The molecule has 1 saturated heterocycles. The van der Waals surface area contributed by atoms with Crippen molar-refractivity contribution in [2.75, 3.05) is 0 Å². The van der Waals surface area contributed by atoms with Gasteiger partial charge in [-0.3, -0.25) is 0 Å². The quantitative estimate of drug-likeness (QED) is 0.488. The van der Waals surface area contributed by atoms with Gasteiger partial charge in [-0.05, 0) is 32.4 Å². The molecule has 1 nitrogen and oxygen atoms in total. The maximum Gasteiger partial charge on any atom is 0.301 e. The van der Waals surface area contributed by atoms with Gasteiger partial charge in [-0.1, -0.05) is 63.1 Å². The molecule has 0 bridgehead atoms. The predicted octanol–water partition coefficient (Wildman–Crippen LogP) is 5.28. The molecular weight excluding hydrogens is 243 g/mol. The van der Waals surface area contributed by atoms with Crippen molar-refractivity contribution in [1.82, 2.24) is 0 Å². The van der Waals surface area contributed by atoms with Crippen LogP contribution in [0.5, 0.6) is 0 Å². The van der Waals surface area contributed by atoms with Crippen molar-refractivity contribution in [3.8, 4) is 0 Å². The van der Waals surface area contributed by atoms with E-state index in [4.69, 9.17) is 4.65 Å². The monoisotopic (exact) mass is 272 g/mol. The maximum atomic E-state index is 6.31. The van der Waals surface area contributed by atoms with E-state index in [1.165, 1.54) is 25.6 Å². The topological polar surface area (TPSA) is 9.23 Å². The highest BCUT2D eigenvalue weighted by Crippen LogP contribution is 2.47. The summed E-state index contributed by atoms with van der Waals surface area (Å²) in [5, 5.41) is 0. The van der Waals surface area contributed by atoms with E-state index in [2.05, 4.69) is 64.2 Å². The summed E-state index contributed by atoms with van der Waals surface area (Å²) in [6.07, 6.45) is 18.9. The summed E-state index contributed by atoms with van der Waals surface area (Å²) in [5.74, 6) is 1.52. The van der Waals surface area contributed by atoms with Crippen LogP contribution in [0.25, 0.3) is 0 Å². The summed E-state index contributed by atoms with van der Waals surface area (Å²) < 4.78 is 6.31. The van der Waals surface area contributed by atoms with Gasteiger partial charge in [0, 0.05) is 11.8 Å². The summed E-state index contributed by atoms with van der Waals surface area (Å²) >= 11 is 0. The second-order valence-corrected chi connectivity index (χ2v) is 6.72. The lowest BCUT2D eigenvalue weighted by molar-refractivity contribution is 0.102. The minimum absolute atomic E-state index is 0.0344. The molecule has 110 valence electrons. The van der Waals surface area contributed by atoms with Crippen LogP contribution in [0.1, 0.15) is 47.0 Å². The van der Waals surface area contributed by atoms with Crippen molar-refractivity contribution in [3.05, 3.63) is 36.5 Å². The second-order valence-electron chi connectivity index (χ2n) is 6.72. The van der Waals surface area contributed by atoms with Gasteiger partial charge < -0.3 is 4.65 Å². The Balaban J connectivity index is 2.13. The van der Waals surface area contributed by atoms with E-state index < -0.39 is 0 Å². The fourth-order valence-corrected chi connectivity index (χ4v) is 3.50. The summed E-state index contributed by atoms with van der Waals surface area (Å²) in [5.41, 5.74) is -0.0344. The van der Waals surface area contributed by atoms with Crippen molar-refractivity contribution in [3.63, 3.8) is 0 Å². The Bertz CT molecular complexity index is 394. The average Bonchev–Trinajstić information content (AvgIpc) is 2.56. The molecule has 1 aliphatic carbocycles. The molecule has 2 aliphatic rings. The first-order valence-corrected chi connectivity index (χ1v) is 8.29. The minimum Gasteiger partial charge on any atom is -0.430 e. The van der Waals surface area contributed by atoms with Crippen LogP contribution in [0.15, 0.2) is 36.5 Å². The molecule has 1 heterocycles. The first-order chi connectivity index (χ1) is 9.58. The number of allylic oxidation sites excluding steroid dienone is 5. The van der Waals surface area contributed by atoms with Gasteiger partial charge in [0.05, 0.1) is 5.60 Å². The van der Waals surface area contributed by atoms with Crippen LogP contribution in [0.4, 0.5) is 0 Å². The molecular formula is C18H29BO. The summed E-state index contributed by atoms with van der Waals surface area (Å²) in [7, 11) is 0. The molecule has 0 aromatic rings. The molecule has 1 aliphatic heterocycles. The Morgan fingerprint density at radius 3 is 2.55 bits per heavy atom. The largest absolute Gasteiger partial charge is 0.430 e. The van der Waals surface area contributed by atoms with Gasteiger partial charge in [0.1, 0.15) is 0 Å². The highest BCUT2D eigenvalue weighted by atomic mass is 16.5. The fraction of sp³-hybridized carbons (Fsp3) is 0.667. The molecule has 0 N–H and O–H groups in total. The predicted molar refractivity (Wildman–Crippen MR) is 89.1 cm³/mol. The molecule has 0 radical (unpaired) electrons. The van der Waals surface area contributed by atoms with Crippen LogP contribution >= 0.6 is 0 Å². The van der Waals surface area contributed by atoms with Crippen LogP contribution < -0.4 is 0 Å². The number of hydrogen-bond donors (Lipinski definition) is 0. The molecule has 1 unspecified atom stereocenters. The van der Waals surface area contributed by atoms with Gasteiger partial charge in [0.15, 0.2) is 0 Å². The van der Waals surface area contributed by atoms with Gasteiger partial charge in [-0.25, -0.2) is 0 Å². The Morgan fingerprint density at radius 2 is 1.85 bits per heavy atom. The zero-order valence-electron chi connectivity index (χ0n) is 13.5. The fourth-order valence-electron chi connectivity index (χ4n) is 3.50. The molecule has 0 aromatic carbocycles. The number of fused-ring (bicyclic) bond motifs is 1. The van der Waals surface area contributed by atoms with Crippen molar-refractivity contribution in [1.29, 1.82) is 0 Å². The lowest BCUT2D eigenvalue weighted by Crippen LogP contribution is -2.27. The van der Waals surface area contributed by atoms with Gasteiger partial charge in [0.25, 0.3) is 0 Å². The van der Waals surface area contributed by atoms with Crippen molar-refractivity contribution in [2.24, 2.45) is 11.8 Å². The zero-order valence-corrected chi connectivity index (χ0v) is 13.5. The number of hydrogen-bond acceptors (Lipinski definition) is 1. The molecule has 2 heteroatoms. The van der Waals surface area contributed by atoms with E-state index in [1.807, 2.05) is 0 Å². The molecule has 0 saturated carbocycles. The van der Waals surface area contributed by atoms with E-state index >= 15 is 0 Å². The van der Waals surface area contributed by atoms with Crippen LogP contribution in [0.2, 0.25) is 12.1 Å². The molecule has 1 fully saturated rings. The van der Waals surface area contributed by atoms with Gasteiger partial charge in [-0.15, -0.1) is 0 Å². The van der Waals surface area contributed by atoms with Crippen molar-refractivity contribution >= 4 is 6.92 Å². The Morgan fingerprint density at radius 1 is 1.10 bits per heavy atom. The third-order valence-corrected chi connectivity index (χ3v) is 4.58. The maximum absolute atomic E-state index is 6.31. The lowest BCUT2D eigenvalue weighted by atomic mass is 9.51. The highest BCUT2D eigenvalue weighted by molar-refractivity contribution is 6.55. The molecule has 0 spiro atoms. The third-order valence-electron chi connectivity index (χ3n) is 4.58. The zero-order chi connectivity index (χ0) is 14.6. The van der Waals surface area contributed by atoms with Gasteiger partial charge >= 0.3 is 6.92 Å². The summed E-state index contributed by atoms with van der Waals surface area (Å²) in [6.45, 7) is 9.34. The van der Waals surface area contributed by atoms with E-state index in [-0.39, 0.29) is 5.60 Å². The first kappa shape index (κ1) is 15.6. The number of rotatable bonds is 5. The molecule has 0 aromatic heterocycles. The van der Waals surface area contributed by atoms with E-state index in [1.54, 1.807) is 0 Å². The van der Waals surface area contributed by atoms with Crippen molar-refractivity contribution in [2.45, 2.75) is 64.7 Å². The van der Waals surface area contributed by atoms with Crippen molar-refractivity contribution < 1.29 is 4.65 Å². The molecule has 20 heavy (non-hydrogen) atoms. The Hall–Kier alpha value is -0.755. The molecule has 3 atom stereocenters. The highest BCUT2D eigenvalue weighted by Gasteiger charge is 2.48. The normalized spacial score (nSPS) is 31.8. The minimum atomic E-state index is -0.0344. The Labute approximate surface area is 125 Å². The SMILES string of the molecule is CCC/C=C/C1C=C[C@@H]2B(CCC)OC(C)(C)[C@@H]2C=C1. The summed E-state index contributed by atoms with van der Waals surface area (Å²) in [6, 6.07) is 0. The standard InChI is InChI=1S/C18H29BO/c1-5-7-8-9-15-10-12-16-17(13-11-15)19(14-6-2)20-18(16,3)4/h8-13,15-17H,5-7,14H2,1-4H3/b9-8+/t15?,16-,17+/m1/s1. The lowest BCUT2D eigenvalue weighted by Gasteiger charge is -2.26. The van der Waals surface area contributed by atoms with Gasteiger partial charge in [0.2, 0.25) is 0 Å². The number of unbranched alkanes of at least 4 members (excludes halogenated alkanes) is 1. The third kappa shape index (κ3) is 3.46. The first-order valence-electron chi connectivity index (χ1n) is 8.29.